The summed E-state index contributed by atoms with van der Waals surface area (Å²) in [6.45, 7) is 6.03. The first-order chi connectivity index (χ1) is 8.99. The van der Waals surface area contributed by atoms with Crippen molar-refractivity contribution in [2.24, 2.45) is 0 Å². The number of rotatable bonds is 4. The van der Waals surface area contributed by atoms with Crippen molar-refractivity contribution in [3.63, 3.8) is 0 Å². The molecule has 0 aliphatic heterocycles. The van der Waals surface area contributed by atoms with Crippen molar-refractivity contribution in [1.29, 1.82) is 0 Å². The number of amides is 1. The second-order valence-electron chi connectivity index (χ2n) is 4.91. The lowest BCUT2D eigenvalue weighted by Crippen LogP contribution is -2.28. The number of nitrogens with two attached hydrogens (primary N) is 1. The highest BCUT2D eigenvalue weighted by molar-refractivity contribution is 7.07. The molecule has 1 atom stereocenters. The lowest BCUT2D eigenvalue weighted by Gasteiger charge is -2.16. The van der Waals surface area contributed by atoms with E-state index >= 15 is 0 Å². The lowest BCUT2D eigenvalue weighted by atomic mass is 10.2. The van der Waals surface area contributed by atoms with E-state index in [4.69, 9.17) is 5.73 Å². The second kappa shape index (κ2) is 5.48. The molecule has 0 spiro atoms. The molecular weight excluding hydrogens is 258 g/mol. The molecule has 2 aromatic heterocycles. The maximum absolute atomic E-state index is 12.3. The number of carbonyl (C=O) groups is 1. The van der Waals surface area contributed by atoms with E-state index in [1.165, 1.54) is 0 Å². The first-order valence-corrected chi connectivity index (χ1v) is 7.23. The first kappa shape index (κ1) is 13.7. The number of hydrogen-bond acceptors (Lipinski definition) is 3. The molecule has 0 bridgehead atoms. The van der Waals surface area contributed by atoms with Gasteiger partial charge in [-0.25, -0.2) is 0 Å². The third kappa shape index (κ3) is 2.98. The third-order valence-corrected chi connectivity index (χ3v) is 3.75. The van der Waals surface area contributed by atoms with E-state index in [0.29, 0.717) is 11.4 Å². The Bertz CT molecular complexity index is 557. The molecule has 1 unspecified atom stereocenters. The number of nitrogens with zero attached hydrogens (tertiary/aromatic N) is 1. The van der Waals surface area contributed by atoms with Crippen LogP contribution in [0.2, 0.25) is 0 Å². The third-order valence-electron chi connectivity index (χ3n) is 3.05. The number of carbonyl (C=O) groups excluding carboxylic acids is 1. The maximum atomic E-state index is 12.3. The molecule has 0 radical (unpaired) electrons. The standard InChI is InChI=1S/C14H19N3OS/c1-9(2)17-7-12(15)6-13(17)14(18)16-10(3)11-4-5-19-8-11/h4-10H,15H2,1-3H3,(H,16,18). The fraction of sp³-hybridized carbons (Fsp3) is 0.357. The van der Waals surface area contributed by atoms with Gasteiger partial charge in [0.25, 0.3) is 5.91 Å². The summed E-state index contributed by atoms with van der Waals surface area (Å²) in [6, 6.07) is 3.94. The summed E-state index contributed by atoms with van der Waals surface area (Å²) in [7, 11) is 0. The van der Waals surface area contributed by atoms with Crippen LogP contribution in [0.5, 0.6) is 0 Å². The molecule has 0 aromatic carbocycles. The Kier molecular flexibility index (Phi) is 3.95. The predicted octanol–water partition coefficient (Wildman–Crippen LogP) is 3.20. The van der Waals surface area contributed by atoms with Gasteiger partial charge in [0.05, 0.1) is 11.7 Å². The molecule has 5 heteroatoms. The number of thiophene rings is 1. The molecule has 2 heterocycles. The SMILES string of the molecule is CC(NC(=O)c1cc(N)cn1C(C)C)c1ccsc1. The Morgan fingerprint density at radius 1 is 1.42 bits per heavy atom. The zero-order valence-electron chi connectivity index (χ0n) is 11.4. The van der Waals surface area contributed by atoms with Gasteiger partial charge in [0.2, 0.25) is 0 Å². The van der Waals surface area contributed by atoms with E-state index in [1.807, 2.05) is 42.2 Å². The molecule has 102 valence electrons. The van der Waals surface area contributed by atoms with Crippen molar-refractivity contribution >= 4 is 22.9 Å². The van der Waals surface area contributed by atoms with Gasteiger partial charge in [-0.1, -0.05) is 0 Å². The highest BCUT2D eigenvalue weighted by atomic mass is 32.1. The molecule has 0 fully saturated rings. The van der Waals surface area contributed by atoms with Crippen molar-refractivity contribution in [2.75, 3.05) is 5.73 Å². The Balaban J connectivity index is 2.16. The van der Waals surface area contributed by atoms with Gasteiger partial charge in [-0.3, -0.25) is 4.79 Å². The van der Waals surface area contributed by atoms with E-state index in [0.717, 1.165) is 5.56 Å². The minimum absolute atomic E-state index is 0.00418. The van der Waals surface area contributed by atoms with Crippen LogP contribution >= 0.6 is 11.3 Å². The Morgan fingerprint density at radius 3 is 2.74 bits per heavy atom. The molecule has 4 nitrogen and oxygen atoms in total. The monoisotopic (exact) mass is 277 g/mol. The summed E-state index contributed by atoms with van der Waals surface area (Å²) < 4.78 is 1.89. The van der Waals surface area contributed by atoms with Crippen LogP contribution in [-0.2, 0) is 0 Å². The van der Waals surface area contributed by atoms with Gasteiger partial charge in [0.15, 0.2) is 0 Å². The highest BCUT2D eigenvalue weighted by Gasteiger charge is 2.17. The molecule has 2 aromatic rings. The smallest absolute Gasteiger partial charge is 0.268 e. The number of aromatic nitrogens is 1. The maximum Gasteiger partial charge on any atom is 0.268 e. The average molecular weight is 277 g/mol. The quantitative estimate of drug-likeness (QED) is 0.901. The molecular formula is C14H19N3OS. The van der Waals surface area contributed by atoms with Crippen molar-refractivity contribution in [3.05, 3.63) is 40.3 Å². The molecule has 3 N–H and O–H groups in total. The van der Waals surface area contributed by atoms with Gasteiger partial charge in [-0.2, -0.15) is 11.3 Å². The summed E-state index contributed by atoms with van der Waals surface area (Å²) >= 11 is 1.63. The number of nitrogens with one attached hydrogen (secondary N) is 1. The minimum Gasteiger partial charge on any atom is -0.397 e. The van der Waals surface area contributed by atoms with Crippen LogP contribution in [-0.4, -0.2) is 10.5 Å². The van der Waals surface area contributed by atoms with Gasteiger partial charge in [0.1, 0.15) is 5.69 Å². The topological polar surface area (TPSA) is 60.1 Å². The number of anilines is 1. The number of nitrogen functional groups attached to an aromatic ring is 1. The number of hydrogen-bond donors (Lipinski definition) is 2. The molecule has 0 saturated heterocycles. The van der Waals surface area contributed by atoms with E-state index in [1.54, 1.807) is 23.6 Å². The van der Waals surface area contributed by atoms with Gasteiger partial charge in [-0.05, 0) is 49.2 Å². The highest BCUT2D eigenvalue weighted by Crippen LogP contribution is 2.19. The van der Waals surface area contributed by atoms with E-state index in [2.05, 4.69) is 5.32 Å². The van der Waals surface area contributed by atoms with Crippen molar-refractivity contribution in [2.45, 2.75) is 32.9 Å². The van der Waals surface area contributed by atoms with Gasteiger partial charge < -0.3 is 15.6 Å². The normalized spacial score (nSPS) is 12.6. The van der Waals surface area contributed by atoms with Gasteiger partial charge in [-0.15, -0.1) is 0 Å². The van der Waals surface area contributed by atoms with Crippen molar-refractivity contribution < 1.29 is 4.79 Å². The Morgan fingerprint density at radius 2 is 2.16 bits per heavy atom. The zero-order valence-corrected chi connectivity index (χ0v) is 12.2. The van der Waals surface area contributed by atoms with E-state index < -0.39 is 0 Å². The molecule has 2 rings (SSSR count). The summed E-state index contributed by atoms with van der Waals surface area (Å²) in [5.74, 6) is -0.0934. The van der Waals surface area contributed by atoms with Crippen LogP contribution in [0, 0.1) is 0 Å². The van der Waals surface area contributed by atoms with E-state index in [9.17, 15) is 4.79 Å². The van der Waals surface area contributed by atoms with Crippen LogP contribution in [0.3, 0.4) is 0 Å². The molecule has 0 aliphatic carbocycles. The first-order valence-electron chi connectivity index (χ1n) is 6.29. The summed E-state index contributed by atoms with van der Waals surface area (Å²) in [5.41, 5.74) is 8.12. The van der Waals surface area contributed by atoms with E-state index in [-0.39, 0.29) is 18.0 Å². The van der Waals surface area contributed by atoms with Crippen LogP contribution < -0.4 is 11.1 Å². The fourth-order valence-corrected chi connectivity index (χ4v) is 2.74. The molecule has 1 amide bonds. The van der Waals surface area contributed by atoms with Crippen LogP contribution in [0.4, 0.5) is 5.69 Å². The summed E-state index contributed by atoms with van der Waals surface area (Å²) in [6.07, 6.45) is 1.80. The fourth-order valence-electron chi connectivity index (χ4n) is 1.99. The summed E-state index contributed by atoms with van der Waals surface area (Å²) in [5, 5.41) is 7.05. The average Bonchev–Trinajstić information content (AvgIpc) is 2.96. The lowest BCUT2D eigenvalue weighted by molar-refractivity contribution is 0.0929. The largest absolute Gasteiger partial charge is 0.397 e. The molecule has 0 aliphatic rings. The van der Waals surface area contributed by atoms with Crippen LogP contribution in [0.1, 0.15) is 48.9 Å². The molecule has 0 saturated carbocycles. The van der Waals surface area contributed by atoms with Gasteiger partial charge in [0, 0.05) is 12.2 Å². The van der Waals surface area contributed by atoms with Crippen LogP contribution in [0.25, 0.3) is 0 Å². The minimum atomic E-state index is -0.0934. The van der Waals surface area contributed by atoms with Crippen molar-refractivity contribution in [3.8, 4) is 0 Å². The van der Waals surface area contributed by atoms with Gasteiger partial charge >= 0.3 is 0 Å². The zero-order chi connectivity index (χ0) is 14.0. The van der Waals surface area contributed by atoms with Crippen molar-refractivity contribution in [1.82, 2.24) is 9.88 Å². The van der Waals surface area contributed by atoms with Crippen LogP contribution in [0.15, 0.2) is 29.1 Å². The predicted molar refractivity (Wildman–Crippen MR) is 79.4 cm³/mol. The Hall–Kier alpha value is -1.75. The Labute approximate surface area is 117 Å². The molecule has 19 heavy (non-hydrogen) atoms. The summed E-state index contributed by atoms with van der Waals surface area (Å²) in [4.78, 5) is 12.3. The second-order valence-corrected chi connectivity index (χ2v) is 5.69.